The number of hydrogen-bond acceptors (Lipinski definition) is 5. The first-order valence-electron chi connectivity index (χ1n) is 9.48. The van der Waals surface area contributed by atoms with Gasteiger partial charge in [-0.2, -0.15) is 5.10 Å². The Balaban J connectivity index is 1.62. The van der Waals surface area contributed by atoms with Crippen LogP contribution in [-0.2, 0) is 21.2 Å². The smallest absolute Gasteiger partial charge is 0.240 e. The minimum Gasteiger partial charge on any atom is -0.326 e. The van der Waals surface area contributed by atoms with Crippen LogP contribution in [-0.4, -0.2) is 29.1 Å². The van der Waals surface area contributed by atoms with E-state index in [1.54, 1.807) is 55.0 Å². The average Bonchev–Trinajstić information content (AvgIpc) is 3.25. The molecule has 0 unspecified atom stereocenters. The number of nitrogens with two attached hydrogens (primary N) is 1. The molecule has 10 heteroatoms. The number of primary sulfonamides is 1. The van der Waals surface area contributed by atoms with E-state index in [4.69, 9.17) is 16.7 Å². The molecule has 2 aromatic heterocycles. The number of rotatable bonds is 6. The lowest BCUT2D eigenvalue weighted by atomic mass is 10.1. The summed E-state index contributed by atoms with van der Waals surface area (Å²) < 4.78 is 25.9. The van der Waals surface area contributed by atoms with Gasteiger partial charge in [0.2, 0.25) is 15.9 Å². The lowest BCUT2D eigenvalue weighted by Gasteiger charge is -2.12. The SMILES string of the molecule is NS(=O)(=O)c1cc(NC(=O)Cc2ccccc2Cl)ccc1-n1cc(-c2ccccn2)cn1. The van der Waals surface area contributed by atoms with Gasteiger partial charge in [-0.25, -0.2) is 18.2 Å². The standard InChI is InChI=1S/C22H18ClN5O3S/c23-18-6-2-1-5-15(18)11-22(29)27-17-8-9-20(21(12-17)32(24,30)31)28-14-16(13-26-28)19-7-3-4-10-25-19/h1-10,12-14H,11H2,(H,27,29)(H2,24,30,31). The summed E-state index contributed by atoms with van der Waals surface area (Å²) in [5.74, 6) is -0.345. The van der Waals surface area contributed by atoms with Crippen LogP contribution in [0.2, 0.25) is 5.02 Å². The maximum atomic E-state index is 12.4. The molecule has 0 aliphatic rings. The van der Waals surface area contributed by atoms with Crippen molar-refractivity contribution in [1.82, 2.24) is 14.8 Å². The van der Waals surface area contributed by atoms with Gasteiger partial charge in [-0.1, -0.05) is 35.9 Å². The summed E-state index contributed by atoms with van der Waals surface area (Å²) in [6, 6.07) is 16.9. The Kier molecular flexibility index (Phi) is 6.04. The number of amides is 1. The van der Waals surface area contributed by atoms with E-state index in [9.17, 15) is 13.2 Å². The van der Waals surface area contributed by atoms with Crippen molar-refractivity contribution in [1.29, 1.82) is 0 Å². The number of anilines is 1. The number of carbonyl (C=O) groups excluding carboxylic acids is 1. The minimum absolute atomic E-state index is 0.0404. The van der Waals surface area contributed by atoms with Crippen molar-refractivity contribution in [3.05, 3.63) is 89.8 Å². The van der Waals surface area contributed by atoms with Gasteiger partial charge in [-0.15, -0.1) is 0 Å². The third-order valence-electron chi connectivity index (χ3n) is 4.65. The molecule has 0 bridgehead atoms. The first-order chi connectivity index (χ1) is 15.3. The quantitative estimate of drug-likeness (QED) is 0.450. The Morgan fingerprint density at radius 1 is 1.09 bits per heavy atom. The summed E-state index contributed by atoms with van der Waals surface area (Å²) in [4.78, 5) is 16.5. The highest BCUT2D eigenvalue weighted by molar-refractivity contribution is 7.89. The summed E-state index contributed by atoms with van der Waals surface area (Å²) in [7, 11) is -4.11. The van der Waals surface area contributed by atoms with Crippen LogP contribution in [0.25, 0.3) is 16.9 Å². The zero-order chi connectivity index (χ0) is 22.7. The maximum absolute atomic E-state index is 12.4. The molecule has 0 saturated carbocycles. The Bertz CT molecular complexity index is 1390. The molecule has 0 radical (unpaired) electrons. The monoisotopic (exact) mass is 467 g/mol. The van der Waals surface area contributed by atoms with Crippen LogP contribution in [0.3, 0.4) is 0 Å². The van der Waals surface area contributed by atoms with Crippen LogP contribution in [0.15, 0.2) is 84.1 Å². The number of aromatic nitrogens is 3. The lowest BCUT2D eigenvalue weighted by Crippen LogP contribution is -2.18. The fourth-order valence-corrected chi connectivity index (χ4v) is 4.10. The normalized spacial score (nSPS) is 11.3. The number of pyridine rings is 1. The second-order valence-corrected chi connectivity index (χ2v) is 8.87. The van der Waals surface area contributed by atoms with E-state index in [0.29, 0.717) is 21.8 Å². The second-order valence-electron chi connectivity index (χ2n) is 6.93. The number of benzene rings is 2. The maximum Gasteiger partial charge on any atom is 0.240 e. The van der Waals surface area contributed by atoms with E-state index in [-0.39, 0.29) is 28.6 Å². The molecule has 2 heterocycles. The molecule has 4 rings (SSSR count). The lowest BCUT2D eigenvalue weighted by molar-refractivity contribution is -0.115. The molecule has 0 saturated heterocycles. The van der Waals surface area contributed by atoms with Crippen molar-refractivity contribution >= 4 is 33.2 Å². The van der Waals surface area contributed by atoms with Gasteiger partial charge in [0.15, 0.2) is 0 Å². The molecule has 32 heavy (non-hydrogen) atoms. The molecule has 0 atom stereocenters. The number of halogens is 1. The van der Waals surface area contributed by atoms with Crippen LogP contribution >= 0.6 is 11.6 Å². The first kappa shape index (κ1) is 21.7. The third kappa shape index (κ3) is 4.86. The zero-order valence-electron chi connectivity index (χ0n) is 16.6. The van der Waals surface area contributed by atoms with E-state index in [1.165, 1.54) is 16.8 Å². The van der Waals surface area contributed by atoms with E-state index >= 15 is 0 Å². The molecule has 0 aliphatic carbocycles. The van der Waals surface area contributed by atoms with Gasteiger partial charge < -0.3 is 5.32 Å². The summed E-state index contributed by atoms with van der Waals surface area (Å²) >= 11 is 6.10. The number of carbonyl (C=O) groups is 1. The molecular weight excluding hydrogens is 450 g/mol. The van der Waals surface area contributed by atoms with Gasteiger partial charge in [0, 0.05) is 28.7 Å². The Hall–Kier alpha value is -3.53. The summed E-state index contributed by atoms with van der Waals surface area (Å²) in [6.45, 7) is 0. The van der Waals surface area contributed by atoms with Gasteiger partial charge >= 0.3 is 0 Å². The Morgan fingerprint density at radius 3 is 2.59 bits per heavy atom. The highest BCUT2D eigenvalue weighted by Gasteiger charge is 2.18. The van der Waals surface area contributed by atoms with Gasteiger partial charge in [-0.3, -0.25) is 9.78 Å². The fourth-order valence-electron chi connectivity index (χ4n) is 3.15. The van der Waals surface area contributed by atoms with E-state index < -0.39 is 10.0 Å². The van der Waals surface area contributed by atoms with Crippen LogP contribution in [0, 0.1) is 0 Å². The first-order valence-corrected chi connectivity index (χ1v) is 11.4. The van der Waals surface area contributed by atoms with Crippen molar-refractivity contribution in [2.45, 2.75) is 11.3 Å². The summed E-state index contributed by atoms with van der Waals surface area (Å²) in [5.41, 5.74) is 2.60. The van der Waals surface area contributed by atoms with E-state index in [2.05, 4.69) is 15.4 Å². The molecule has 4 aromatic rings. The van der Waals surface area contributed by atoms with Crippen LogP contribution in [0.5, 0.6) is 0 Å². The molecule has 8 nitrogen and oxygen atoms in total. The third-order valence-corrected chi connectivity index (χ3v) is 5.96. The number of sulfonamides is 1. The molecule has 0 aliphatic heterocycles. The van der Waals surface area contributed by atoms with Crippen LogP contribution in [0.4, 0.5) is 5.69 Å². The molecule has 2 aromatic carbocycles. The second kappa shape index (κ2) is 8.91. The van der Waals surface area contributed by atoms with Crippen molar-refractivity contribution in [2.24, 2.45) is 5.14 Å². The van der Waals surface area contributed by atoms with Crippen LogP contribution < -0.4 is 10.5 Å². The largest absolute Gasteiger partial charge is 0.326 e. The van der Waals surface area contributed by atoms with E-state index in [1.807, 2.05) is 12.1 Å². The average molecular weight is 468 g/mol. The van der Waals surface area contributed by atoms with Gasteiger partial charge in [0.1, 0.15) is 4.90 Å². The highest BCUT2D eigenvalue weighted by atomic mass is 35.5. The molecule has 0 fully saturated rings. The van der Waals surface area contributed by atoms with Crippen LogP contribution in [0.1, 0.15) is 5.56 Å². The predicted octanol–water partition coefficient (Wildman–Crippen LogP) is 3.42. The molecule has 3 N–H and O–H groups in total. The molecular formula is C22H18ClN5O3S. The number of nitrogens with zero attached hydrogens (tertiary/aromatic N) is 3. The topological polar surface area (TPSA) is 120 Å². The van der Waals surface area contributed by atoms with Gasteiger partial charge in [0.05, 0.1) is 24.0 Å². The molecule has 1 amide bonds. The van der Waals surface area contributed by atoms with Gasteiger partial charge in [-0.05, 0) is 42.0 Å². The van der Waals surface area contributed by atoms with Crippen molar-refractivity contribution in [3.8, 4) is 16.9 Å². The Labute approximate surface area is 189 Å². The molecule has 0 spiro atoms. The van der Waals surface area contributed by atoms with Gasteiger partial charge in [0.25, 0.3) is 0 Å². The zero-order valence-corrected chi connectivity index (χ0v) is 18.2. The minimum atomic E-state index is -4.11. The van der Waals surface area contributed by atoms with Crippen molar-refractivity contribution < 1.29 is 13.2 Å². The van der Waals surface area contributed by atoms with E-state index in [0.717, 1.165) is 0 Å². The van der Waals surface area contributed by atoms with Crippen molar-refractivity contribution in [2.75, 3.05) is 5.32 Å². The summed E-state index contributed by atoms with van der Waals surface area (Å²) in [6.07, 6.45) is 4.93. The predicted molar refractivity (Wildman–Crippen MR) is 122 cm³/mol. The fraction of sp³-hybridized carbons (Fsp3) is 0.0455. The number of hydrogen-bond donors (Lipinski definition) is 2. The molecule has 162 valence electrons. The highest BCUT2D eigenvalue weighted by Crippen LogP contribution is 2.25. The Morgan fingerprint density at radius 2 is 1.88 bits per heavy atom. The summed E-state index contributed by atoms with van der Waals surface area (Å²) in [5, 5.41) is 12.9. The van der Waals surface area contributed by atoms with Crippen molar-refractivity contribution in [3.63, 3.8) is 0 Å². The number of nitrogens with one attached hydrogen (secondary N) is 1.